The van der Waals surface area contributed by atoms with Gasteiger partial charge in [-0.1, -0.05) is 62.9 Å². The first-order valence-electron chi connectivity index (χ1n) is 13.6. The number of oxazole rings is 1. The number of carbonyl (C=O) groups is 1. The van der Waals surface area contributed by atoms with E-state index in [2.05, 4.69) is 6.92 Å². The van der Waals surface area contributed by atoms with Gasteiger partial charge >= 0.3 is 5.97 Å². The lowest BCUT2D eigenvalue weighted by atomic mass is 9.89. The Morgan fingerprint density at radius 2 is 1.78 bits per heavy atom. The molecule has 198 valence electrons. The largest absolute Gasteiger partial charge is 0.493 e. The number of carboxylic acid groups (broad SMARTS) is 1. The Morgan fingerprint density at radius 3 is 2.46 bits per heavy atom. The van der Waals surface area contributed by atoms with Gasteiger partial charge in [0.05, 0.1) is 12.3 Å². The molecule has 1 atom stereocenters. The fourth-order valence-electron chi connectivity index (χ4n) is 5.08. The molecule has 1 aliphatic rings. The van der Waals surface area contributed by atoms with Crippen LogP contribution in [0, 0.1) is 6.92 Å². The van der Waals surface area contributed by atoms with Crippen molar-refractivity contribution in [2.24, 2.45) is 0 Å². The highest BCUT2D eigenvalue weighted by molar-refractivity contribution is 5.78. The second-order valence-electron chi connectivity index (χ2n) is 10.1. The van der Waals surface area contributed by atoms with Crippen molar-refractivity contribution < 1.29 is 23.8 Å². The van der Waals surface area contributed by atoms with E-state index in [0.29, 0.717) is 31.1 Å². The molecule has 6 nitrogen and oxygen atoms in total. The van der Waals surface area contributed by atoms with Gasteiger partial charge in [-0.2, -0.15) is 0 Å². The number of nitrogens with zero attached hydrogens (tertiary/aromatic N) is 1. The van der Waals surface area contributed by atoms with Crippen molar-refractivity contribution in [2.75, 3.05) is 6.61 Å². The molecule has 6 heteroatoms. The molecule has 1 heterocycles. The third kappa shape index (κ3) is 7.15. The molecule has 1 N–H and O–H groups in total. The maximum atomic E-state index is 12.4. The summed E-state index contributed by atoms with van der Waals surface area (Å²) in [5.74, 6) is 2.59. The van der Waals surface area contributed by atoms with Crippen LogP contribution < -0.4 is 9.47 Å². The molecule has 1 saturated carbocycles. The van der Waals surface area contributed by atoms with Gasteiger partial charge in [0, 0.05) is 18.8 Å². The van der Waals surface area contributed by atoms with Crippen LogP contribution in [0.3, 0.4) is 0 Å². The number of unbranched alkanes of at least 4 members (excludes halogenated alkanes) is 1. The van der Waals surface area contributed by atoms with Gasteiger partial charge < -0.3 is 19.0 Å². The lowest BCUT2D eigenvalue weighted by Crippen LogP contribution is -2.46. The quantitative estimate of drug-likeness (QED) is 0.263. The molecule has 37 heavy (non-hydrogen) atoms. The first kappa shape index (κ1) is 26.8. The van der Waals surface area contributed by atoms with Gasteiger partial charge in [-0.05, 0) is 62.4 Å². The summed E-state index contributed by atoms with van der Waals surface area (Å²) in [5.41, 5.74) is 0.545. The number of benzene rings is 2. The Labute approximate surface area is 220 Å². The van der Waals surface area contributed by atoms with Crippen LogP contribution in [0.25, 0.3) is 0 Å². The lowest BCUT2D eigenvalue weighted by Gasteiger charge is -2.31. The molecule has 0 saturated heterocycles. The SMILES string of the molecule is CCCCC(Cc1ccc(OCCc2nc(C3CCCCC3)oc2C)cc1)(Oc1ccccc1)C(=O)O. The predicted octanol–water partition coefficient (Wildman–Crippen LogP) is 7.29. The number of hydrogen-bond acceptors (Lipinski definition) is 5. The molecule has 4 rings (SSSR count). The Bertz CT molecular complexity index is 1120. The Kier molecular flexibility index (Phi) is 9.26. The zero-order chi connectivity index (χ0) is 26.1. The highest BCUT2D eigenvalue weighted by Crippen LogP contribution is 2.33. The van der Waals surface area contributed by atoms with E-state index < -0.39 is 11.6 Å². The first-order valence-corrected chi connectivity index (χ1v) is 13.6. The van der Waals surface area contributed by atoms with Crippen LogP contribution >= 0.6 is 0 Å². The highest BCUT2D eigenvalue weighted by atomic mass is 16.5. The zero-order valence-electron chi connectivity index (χ0n) is 22.1. The van der Waals surface area contributed by atoms with Crippen molar-refractivity contribution in [1.82, 2.24) is 4.98 Å². The predicted molar refractivity (Wildman–Crippen MR) is 143 cm³/mol. The van der Waals surface area contributed by atoms with Crippen molar-refractivity contribution in [1.29, 1.82) is 0 Å². The minimum atomic E-state index is -1.32. The van der Waals surface area contributed by atoms with E-state index in [1.165, 1.54) is 32.1 Å². The van der Waals surface area contributed by atoms with Gasteiger partial charge in [0.1, 0.15) is 17.3 Å². The summed E-state index contributed by atoms with van der Waals surface area (Å²) in [4.78, 5) is 17.2. The van der Waals surface area contributed by atoms with E-state index in [1.54, 1.807) is 12.1 Å². The third-order valence-corrected chi connectivity index (χ3v) is 7.26. The van der Waals surface area contributed by atoms with E-state index >= 15 is 0 Å². The van der Waals surface area contributed by atoms with Crippen LogP contribution in [0.15, 0.2) is 59.0 Å². The number of aryl methyl sites for hydroxylation is 1. The normalized spacial score (nSPS) is 15.7. The number of aromatic nitrogens is 1. The van der Waals surface area contributed by atoms with Crippen LogP contribution in [-0.2, 0) is 17.6 Å². The molecule has 1 fully saturated rings. The Morgan fingerprint density at radius 1 is 1.05 bits per heavy atom. The zero-order valence-corrected chi connectivity index (χ0v) is 22.1. The third-order valence-electron chi connectivity index (χ3n) is 7.26. The van der Waals surface area contributed by atoms with Crippen LogP contribution in [0.4, 0.5) is 0 Å². The summed E-state index contributed by atoms with van der Waals surface area (Å²) in [7, 11) is 0. The van der Waals surface area contributed by atoms with Gasteiger partial charge in [-0.15, -0.1) is 0 Å². The standard InChI is InChI=1S/C31H39NO5/c1-3-4-20-31(30(33)34,37-27-13-9-6-10-14-27)22-24-15-17-26(18-16-24)35-21-19-28-23(2)36-29(32-28)25-11-7-5-8-12-25/h6,9-10,13-18,25H,3-5,7-8,11-12,19-22H2,1-2H3,(H,33,34). The molecular weight excluding hydrogens is 466 g/mol. The maximum Gasteiger partial charge on any atom is 0.348 e. The Hall–Kier alpha value is -3.28. The summed E-state index contributed by atoms with van der Waals surface area (Å²) in [6.45, 7) is 4.54. The van der Waals surface area contributed by atoms with Crippen LogP contribution in [-0.4, -0.2) is 28.3 Å². The van der Waals surface area contributed by atoms with Gasteiger partial charge in [-0.3, -0.25) is 0 Å². The van der Waals surface area contributed by atoms with Crippen molar-refractivity contribution in [2.45, 2.75) is 89.6 Å². The van der Waals surface area contributed by atoms with Crippen LogP contribution in [0.5, 0.6) is 11.5 Å². The molecule has 0 bridgehead atoms. The molecule has 1 aliphatic carbocycles. The van der Waals surface area contributed by atoms with Gasteiger partial charge in [0.2, 0.25) is 5.60 Å². The minimum absolute atomic E-state index is 0.277. The van der Waals surface area contributed by atoms with E-state index in [9.17, 15) is 9.90 Å². The minimum Gasteiger partial charge on any atom is -0.493 e. The molecule has 1 aromatic heterocycles. The summed E-state index contributed by atoms with van der Waals surface area (Å²) in [6, 6.07) is 16.8. The molecule has 0 radical (unpaired) electrons. The monoisotopic (exact) mass is 505 g/mol. The van der Waals surface area contributed by atoms with E-state index in [1.807, 2.05) is 49.4 Å². The number of para-hydroxylation sites is 1. The summed E-state index contributed by atoms with van der Waals surface area (Å²) >= 11 is 0. The average Bonchev–Trinajstić information content (AvgIpc) is 3.29. The smallest absolute Gasteiger partial charge is 0.348 e. The first-order chi connectivity index (χ1) is 18.0. The molecule has 0 spiro atoms. The Balaban J connectivity index is 1.36. The molecule has 3 aromatic rings. The van der Waals surface area contributed by atoms with Crippen molar-refractivity contribution in [3.63, 3.8) is 0 Å². The van der Waals surface area contributed by atoms with Gasteiger partial charge in [-0.25, -0.2) is 9.78 Å². The number of aliphatic carboxylic acids is 1. The molecule has 2 aromatic carbocycles. The van der Waals surface area contributed by atoms with E-state index in [0.717, 1.165) is 41.5 Å². The van der Waals surface area contributed by atoms with Crippen molar-refractivity contribution >= 4 is 5.97 Å². The summed E-state index contributed by atoms with van der Waals surface area (Å²) in [6.07, 6.45) is 9.22. The summed E-state index contributed by atoms with van der Waals surface area (Å²) < 4.78 is 18.1. The molecule has 1 unspecified atom stereocenters. The second kappa shape index (κ2) is 12.8. The molecule has 0 aliphatic heterocycles. The van der Waals surface area contributed by atoms with Gasteiger partial charge in [0.15, 0.2) is 5.89 Å². The number of rotatable bonds is 13. The van der Waals surface area contributed by atoms with E-state index in [-0.39, 0.29) is 6.42 Å². The second-order valence-corrected chi connectivity index (χ2v) is 10.1. The van der Waals surface area contributed by atoms with Crippen molar-refractivity contribution in [3.8, 4) is 11.5 Å². The summed E-state index contributed by atoms with van der Waals surface area (Å²) in [5, 5.41) is 10.2. The van der Waals surface area contributed by atoms with Crippen LogP contribution in [0.1, 0.15) is 87.1 Å². The van der Waals surface area contributed by atoms with E-state index in [4.69, 9.17) is 18.9 Å². The number of hydrogen-bond donors (Lipinski definition) is 1. The number of ether oxygens (including phenoxy) is 2. The maximum absolute atomic E-state index is 12.4. The van der Waals surface area contributed by atoms with Crippen LogP contribution in [0.2, 0.25) is 0 Å². The molecular formula is C31H39NO5. The average molecular weight is 506 g/mol. The molecule has 0 amide bonds. The topological polar surface area (TPSA) is 81.8 Å². The lowest BCUT2D eigenvalue weighted by molar-refractivity contribution is -0.156. The van der Waals surface area contributed by atoms with Crippen molar-refractivity contribution in [3.05, 3.63) is 77.5 Å². The fourth-order valence-corrected chi connectivity index (χ4v) is 5.08. The highest BCUT2D eigenvalue weighted by Gasteiger charge is 2.40. The number of carboxylic acids is 1. The fraction of sp³-hybridized carbons (Fsp3) is 0.484. The van der Waals surface area contributed by atoms with Gasteiger partial charge in [0.25, 0.3) is 0 Å².